The first kappa shape index (κ1) is 17.1. The van der Waals surface area contributed by atoms with E-state index in [0.29, 0.717) is 5.56 Å². The molecule has 1 atom stereocenters. The third kappa shape index (κ3) is 4.91. The fraction of sp³-hybridized carbons (Fsp3) is 0.176. The smallest absolute Gasteiger partial charge is 0.270 e. The van der Waals surface area contributed by atoms with Gasteiger partial charge in [-0.3, -0.25) is 14.9 Å². The van der Waals surface area contributed by atoms with Crippen molar-refractivity contribution in [3.05, 3.63) is 69.8 Å². The molecule has 0 aliphatic heterocycles. The van der Waals surface area contributed by atoms with Gasteiger partial charge in [0.05, 0.1) is 11.1 Å². The van der Waals surface area contributed by atoms with Gasteiger partial charge in [0.2, 0.25) is 0 Å². The molecule has 2 aromatic rings. The number of hydrazone groups is 1. The Morgan fingerprint density at radius 3 is 2.62 bits per heavy atom. The fourth-order valence-electron chi connectivity index (χ4n) is 1.95. The number of nitro benzene ring substituents is 1. The fourth-order valence-corrected chi connectivity index (χ4v) is 1.95. The monoisotopic (exact) mass is 326 g/mol. The first-order valence-electron chi connectivity index (χ1n) is 7.36. The molecule has 0 spiro atoms. The predicted octanol–water partition coefficient (Wildman–Crippen LogP) is 2.85. The molecule has 0 fully saturated rings. The van der Waals surface area contributed by atoms with E-state index in [1.165, 1.54) is 18.3 Å². The standard InChI is InChI=1S/C17H18N4O3/c1-12-6-8-15(9-7-12)19-13(2)17(22)20-18-11-14-4-3-5-16(10-14)21(23)24/h3-11,13,19H,1-2H3,(H,20,22)/b18-11+. The Hall–Kier alpha value is -3.22. The normalized spacial score (nSPS) is 11.9. The number of amides is 1. The third-order valence-electron chi connectivity index (χ3n) is 3.30. The summed E-state index contributed by atoms with van der Waals surface area (Å²) in [5, 5.41) is 17.6. The molecule has 0 aliphatic carbocycles. The lowest BCUT2D eigenvalue weighted by Gasteiger charge is -2.13. The highest BCUT2D eigenvalue weighted by Crippen LogP contribution is 2.12. The van der Waals surface area contributed by atoms with Crippen molar-refractivity contribution >= 4 is 23.5 Å². The van der Waals surface area contributed by atoms with Crippen molar-refractivity contribution < 1.29 is 9.72 Å². The summed E-state index contributed by atoms with van der Waals surface area (Å²) < 4.78 is 0. The minimum Gasteiger partial charge on any atom is -0.374 e. The lowest BCUT2D eigenvalue weighted by molar-refractivity contribution is -0.384. The summed E-state index contributed by atoms with van der Waals surface area (Å²) in [6.45, 7) is 3.71. The number of nitrogens with zero attached hydrogens (tertiary/aromatic N) is 2. The average molecular weight is 326 g/mol. The zero-order chi connectivity index (χ0) is 17.5. The zero-order valence-corrected chi connectivity index (χ0v) is 13.4. The van der Waals surface area contributed by atoms with Crippen molar-refractivity contribution in [3.63, 3.8) is 0 Å². The van der Waals surface area contributed by atoms with Gasteiger partial charge in [0.25, 0.3) is 11.6 Å². The number of rotatable bonds is 6. The van der Waals surface area contributed by atoms with E-state index in [-0.39, 0.29) is 11.6 Å². The van der Waals surface area contributed by atoms with Crippen LogP contribution in [0, 0.1) is 17.0 Å². The molecular weight excluding hydrogens is 308 g/mol. The minimum absolute atomic E-state index is 0.0281. The number of nitrogens with one attached hydrogen (secondary N) is 2. The van der Waals surface area contributed by atoms with Crippen LogP contribution in [0.4, 0.5) is 11.4 Å². The highest BCUT2D eigenvalue weighted by molar-refractivity contribution is 5.86. The lowest BCUT2D eigenvalue weighted by atomic mass is 10.2. The molecule has 2 aromatic carbocycles. The van der Waals surface area contributed by atoms with Gasteiger partial charge in [-0.2, -0.15) is 5.10 Å². The van der Waals surface area contributed by atoms with Crippen molar-refractivity contribution in [1.29, 1.82) is 0 Å². The Morgan fingerprint density at radius 2 is 1.96 bits per heavy atom. The summed E-state index contributed by atoms with van der Waals surface area (Å²) in [4.78, 5) is 22.2. The Kier molecular flexibility index (Phi) is 5.62. The molecule has 0 aliphatic rings. The van der Waals surface area contributed by atoms with Crippen LogP contribution in [-0.2, 0) is 4.79 Å². The van der Waals surface area contributed by atoms with Crippen LogP contribution in [-0.4, -0.2) is 23.1 Å². The first-order chi connectivity index (χ1) is 11.5. The number of aryl methyl sites for hydroxylation is 1. The van der Waals surface area contributed by atoms with Crippen molar-refractivity contribution in [3.8, 4) is 0 Å². The number of nitro groups is 1. The summed E-state index contributed by atoms with van der Waals surface area (Å²) in [5.41, 5.74) is 4.89. The van der Waals surface area contributed by atoms with E-state index < -0.39 is 11.0 Å². The van der Waals surface area contributed by atoms with Gasteiger partial charge in [0.15, 0.2) is 0 Å². The number of hydrogen-bond donors (Lipinski definition) is 2. The van der Waals surface area contributed by atoms with Crippen LogP contribution in [0.2, 0.25) is 0 Å². The van der Waals surface area contributed by atoms with Gasteiger partial charge in [0.1, 0.15) is 6.04 Å². The van der Waals surface area contributed by atoms with Gasteiger partial charge in [-0.1, -0.05) is 29.8 Å². The van der Waals surface area contributed by atoms with Gasteiger partial charge in [-0.15, -0.1) is 0 Å². The van der Waals surface area contributed by atoms with Crippen LogP contribution in [0.1, 0.15) is 18.1 Å². The maximum absolute atomic E-state index is 12.0. The number of carbonyl (C=O) groups excluding carboxylic acids is 1. The van der Waals surface area contributed by atoms with Gasteiger partial charge in [-0.05, 0) is 26.0 Å². The summed E-state index contributed by atoms with van der Waals surface area (Å²) in [6, 6.07) is 13.2. The van der Waals surface area contributed by atoms with E-state index >= 15 is 0 Å². The molecule has 0 saturated carbocycles. The summed E-state index contributed by atoms with van der Waals surface area (Å²) in [6.07, 6.45) is 1.36. The third-order valence-corrected chi connectivity index (χ3v) is 3.30. The van der Waals surface area contributed by atoms with Crippen molar-refractivity contribution in [1.82, 2.24) is 5.43 Å². The maximum Gasteiger partial charge on any atom is 0.270 e. The highest BCUT2D eigenvalue weighted by atomic mass is 16.6. The molecule has 24 heavy (non-hydrogen) atoms. The van der Waals surface area contributed by atoms with E-state index in [2.05, 4.69) is 15.8 Å². The van der Waals surface area contributed by atoms with Crippen LogP contribution < -0.4 is 10.7 Å². The van der Waals surface area contributed by atoms with Crippen molar-refractivity contribution in [2.75, 3.05) is 5.32 Å². The second kappa shape index (κ2) is 7.87. The molecular formula is C17H18N4O3. The topological polar surface area (TPSA) is 96.6 Å². The second-order valence-electron chi connectivity index (χ2n) is 5.32. The predicted molar refractivity (Wildman–Crippen MR) is 93.1 cm³/mol. The summed E-state index contributed by atoms with van der Waals surface area (Å²) in [5.74, 6) is -0.308. The zero-order valence-electron chi connectivity index (χ0n) is 13.4. The molecule has 0 radical (unpaired) electrons. The maximum atomic E-state index is 12.0. The van der Waals surface area contributed by atoms with Gasteiger partial charge >= 0.3 is 0 Å². The van der Waals surface area contributed by atoms with Gasteiger partial charge in [-0.25, -0.2) is 5.43 Å². The van der Waals surface area contributed by atoms with Crippen LogP contribution >= 0.6 is 0 Å². The molecule has 1 amide bonds. The highest BCUT2D eigenvalue weighted by Gasteiger charge is 2.11. The number of carbonyl (C=O) groups is 1. The van der Waals surface area contributed by atoms with Crippen molar-refractivity contribution in [2.24, 2.45) is 5.10 Å². The van der Waals surface area contributed by atoms with Crippen LogP contribution in [0.15, 0.2) is 53.6 Å². The Balaban J connectivity index is 1.90. The summed E-state index contributed by atoms with van der Waals surface area (Å²) in [7, 11) is 0. The molecule has 1 unspecified atom stereocenters. The van der Waals surface area contributed by atoms with E-state index in [9.17, 15) is 14.9 Å². The molecule has 7 heteroatoms. The SMILES string of the molecule is Cc1ccc(NC(C)C(=O)N/N=C/c2cccc([N+](=O)[O-])c2)cc1. The quantitative estimate of drug-likeness (QED) is 0.484. The van der Waals surface area contributed by atoms with Crippen LogP contribution in [0.5, 0.6) is 0 Å². The molecule has 7 nitrogen and oxygen atoms in total. The Morgan fingerprint density at radius 1 is 1.25 bits per heavy atom. The molecule has 124 valence electrons. The molecule has 2 rings (SSSR count). The Labute approximate surface area is 139 Å². The van der Waals surface area contributed by atoms with Gasteiger partial charge in [0, 0.05) is 23.4 Å². The molecule has 0 aromatic heterocycles. The van der Waals surface area contributed by atoms with E-state index in [1.54, 1.807) is 19.1 Å². The number of hydrogen-bond acceptors (Lipinski definition) is 5. The number of benzene rings is 2. The van der Waals surface area contributed by atoms with Crippen LogP contribution in [0.3, 0.4) is 0 Å². The number of anilines is 1. The van der Waals surface area contributed by atoms with Crippen LogP contribution in [0.25, 0.3) is 0 Å². The van der Waals surface area contributed by atoms with Gasteiger partial charge < -0.3 is 5.32 Å². The molecule has 0 heterocycles. The minimum atomic E-state index is -0.483. The second-order valence-corrected chi connectivity index (χ2v) is 5.32. The molecule has 0 saturated heterocycles. The van der Waals surface area contributed by atoms with E-state index in [0.717, 1.165) is 11.3 Å². The first-order valence-corrected chi connectivity index (χ1v) is 7.36. The average Bonchev–Trinajstić information content (AvgIpc) is 2.57. The number of non-ortho nitro benzene ring substituents is 1. The molecule has 2 N–H and O–H groups in total. The summed E-state index contributed by atoms with van der Waals surface area (Å²) >= 11 is 0. The Bertz CT molecular complexity index is 757. The van der Waals surface area contributed by atoms with Crippen molar-refractivity contribution in [2.45, 2.75) is 19.9 Å². The van der Waals surface area contributed by atoms with E-state index in [1.807, 2.05) is 31.2 Å². The molecule has 0 bridgehead atoms. The lowest BCUT2D eigenvalue weighted by Crippen LogP contribution is -2.34. The largest absolute Gasteiger partial charge is 0.374 e. The van der Waals surface area contributed by atoms with E-state index in [4.69, 9.17) is 0 Å².